The minimum atomic E-state index is -2.83. The van der Waals surface area contributed by atoms with Crippen LogP contribution in [-0.2, 0) is 6.54 Å². The summed E-state index contributed by atoms with van der Waals surface area (Å²) >= 11 is 5.89. The van der Waals surface area contributed by atoms with Crippen molar-refractivity contribution in [2.24, 2.45) is 0 Å². The summed E-state index contributed by atoms with van der Waals surface area (Å²) in [5.74, 6) is 0.182. The Morgan fingerprint density at radius 3 is 2.65 bits per heavy atom. The van der Waals surface area contributed by atoms with Crippen molar-refractivity contribution in [1.29, 1.82) is 0 Å². The molecule has 0 aromatic heterocycles. The molecule has 0 unspecified atom stereocenters. The Morgan fingerprint density at radius 2 is 1.95 bits per heavy atom. The van der Waals surface area contributed by atoms with Crippen molar-refractivity contribution in [3.63, 3.8) is 0 Å². The second-order valence-electron chi connectivity index (χ2n) is 4.30. The van der Waals surface area contributed by atoms with Gasteiger partial charge in [0.1, 0.15) is 5.75 Å². The van der Waals surface area contributed by atoms with Gasteiger partial charge in [0.25, 0.3) is 0 Å². The summed E-state index contributed by atoms with van der Waals surface area (Å²) in [6.07, 6.45) is 0. The number of anilines is 1. The van der Waals surface area contributed by atoms with Crippen molar-refractivity contribution in [3.05, 3.63) is 58.6 Å². The highest BCUT2D eigenvalue weighted by Gasteiger charge is 2.09. The lowest BCUT2D eigenvalue weighted by Crippen LogP contribution is -2.07. The first-order valence-electron chi connectivity index (χ1n) is 6.09. The predicted molar refractivity (Wildman–Crippen MR) is 76.6 cm³/mol. The highest BCUT2D eigenvalue weighted by Crippen LogP contribution is 2.24. The molecule has 106 valence electrons. The zero-order valence-corrected chi connectivity index (χ0v) is 11.6. The summed E-state index contributed by atoms with van der Waals surface area (Å²) in [6, 6.07) is 12.2. The Bertz CT molecular complexity index is 590. The average Bonchev–Trinajstić information content (AvgIpc) is 2.39. The van der Waals surface area contributed by atoms with E-state index in [0.29, 0.717) is 17.1 Å². The molecule has 0 aliphatic rings. The van der Waals surface area contributed by atoms with Crippen LogP contribution in [0.2, 0.25) is 5.02 Å². The molecule has 2 nitrogen and oxygen atoms in total. The van der Waals surface area contributed by atoms with E-state index in [1.165, 1.54) is 6.07 Å². The van der Waals surface area contributed by atoms with E-state index in [0.717, 1.165) is 11.3 Å². The normalized spacial score (nSPS) is 10.7. The summed E-state index contributed by atoms with van der Waals surface area (Å²) in [4.78, 5) is 0. The van der Waals surface area contributed by atoms with E-state index in [2.05, 4.69) is 10.1 Å². The third-order valence-corrected chi connectivity index (χ3v) is 3.08. The monoisotopic (exact) mass is 297 g/mol. The first-order chi connectivity index (χ1) is 9.56. The van der Waals surface area contributed by atoms with Gasteiger partial charge in [0.15, 0.2) is 0 Å². The minimum absolute atomic E-state index is 0.182. The Hall–Kier alpha value is -1.81. The van der Waals surface area contributed by atoms with E-state index in [4.69, 9.17) is 11.6 Å². The van der Waals surface area contributed by atoms with Gasteiger partial charge in [-0.2, -0.15) is 8.78 Å². The van der Waals surface area contributed by atoms with Crippen LogP contribution in [0.1, 0.15) is 11.1 Å². The standard InChI is InChI=1S/C15H14ClF2NO/c1-10-8-12(16)6-7-13(10)19-9-11-4-2-3-5-14(11)20-15(17)18/h2-8,15,19H,9H2,1H3. The molecule has 0 bridgehead atoms. The van der Waals surface area contributed by atoms with Crippen molar-refractivity contribution in [2.75, 3.05) is 5.32 Å². The van der Waals surface area contributed by atoms with Crippen LogP contribution in [0.3, 0.4) is 0 Å². The molecule has 0 saturated heterocycles. The first-order valence-corrected chi connectivity index (χ1v) is 6.47. The van der Waals surface area contributed by atoms with Crippen LogP contribution in [0, 0.1) is 6.92 Å². The number of halogens is 3. The van der Waals surface area contributed by atoms with E-state index in [-0.39, 0.29) is 5.75 Å². The predicted octanol–water partition coefficient (Wildman–Crippen LogP) is 4.86. The number of rotatable bonds is 5. The number of alkyl halides is 2. The lowest BCUT2D eigenvalue weighted by Gasteiger charge is -2.13. The topological polar surface area (TPSA) is 21.3 Å². The fraction of sp³-hybridized carbons (Fsp3) is 0.200. The molecule has 0 aliphatic heterocycles. The van der Waals surface area contributed by atoms with Crippen LogP contribution in [0.25, 0.3) is 0 Å². The van der Waals surface area contributed by atoms with E-state index < -0.39 is 6.61 Å². The number of aryl methyl sites for hydroxylation is 1. The van der Waals surface area contributed by atoms with Crippen molar-refractivity contribution >= 4 is 17.3 Å². The molecular formula is C15H14ClF2NO. The number of hydrogen-bond acceptors (Lipinski definition) is 2. The largest absolute Gasteiger partial charge is 0.434 e. The van der Waals surface area contributed by atoms with E-state index in [9.17, 15) is 8.78 Å². The third kappa shape index (κ3) is 3.84. The SMILES string of the molecule is Cc1cc(Cl)ccc1NCc1ccccc1OC(F)F. The van der Waals surface area contributed by atoms with Gasteiger partial charge in [0.05, 0.1) is 0 Å². The minimum Gasteiger partial charge on any atom is -0.434 e. The molecule has 0 radical (unpaired) electrons. The van der Waals surface area contributed by atoms with Gasteiger partial charge in [0, 0.05) is 22.8 Å². The third-order valence-electron chi connectivity index (χ3n) is 2.85. The molecule has 0 atom stereocenters. The lowest BCUT2D eigenvalue weighted by molar-refractivity contribution is -0.0504. The molecule has 0 saturated carbocycles. The Labute approximate surface area is 121 Å². The maximum absolute atomic E-state index is 12.3. The number of para-hydroxylation sites is 1. The Balaban J connectivity index is 2.10. The van der Waals surface area contributed by atoms with Gasteiger partial charge >= 0.3 is 6.61 Å². The quantitative estimate of drug-likeness (QED) is 0.851. The van der Waals surface area contributed by atoms with Gasteiger partial charge in [-0.15, -0.1) is 0 Å². The molecule has 0 amide bonds. The summed E-state index contributed by atoms with van der Waals surface area (Å²) in [5.41, 5.74) is 2.56. The number of ether oxygens (including phenoxy) is 1. The molecule has 2 aromatic carbocycles. The molecule has 0 aliphatic carbocycles. The maximum atomic E-state index is 12.3. The summed E-state index contributed by atoms with van der Waals surface area (Å²) in [7, 11) is 0. The smallest absolute Gasteiger partial charge is 0.387 e. The average molecular weight is 298 g/mol. The molecular weight excluding hydrogens is 284 g/mol. The molecule has 2 rings (SSSR count). The zero-order chi connectivity index (χ0) is 14.5. The summed E-state index contributed by atoms with van der Waals surface area (Å²) in [6.45, 7) is -0.505. The van der Waals surface area contributed by atoms with Crippen LogP contribution < -0.4 is 10.1 Å². The molecule has 1 N–H and O–H groups in total. The highest BCUT2D eigenvalue weighted by atomic mass is 35.5. The van der Waals surface area contributed by atoms with Crippen LogP contribution in [-0.4, -0.2) is 6.61 Å². The molecule has 20 heavy (non-hydrogen) atoms. The molecule has 5 heteroatoms. The summed E-state index contributed by atoms with van der Waals surface area (Å²) in [5, 5.41) is 3.85. The number of benzene rings is 2. The van der Waals surface area contributed by atoms with Crippen LogP contribution >= 0.6 is 11.6 Å². The lowest BCUT2D eigenvalue weighted by atomic mass is 10.1. The van der Waals surface area contributed by atoms with Crippen LogP contribution in [0.15, 0.2) is 42.5 Å². The van der Waals surface area contributed by atoms with Gasteiger partial charge in [-0.3, -0.25) is 0 Å². The highest BCUT2D eigenvalue weighted by molar-refractivity contribution is 6.30. The maximum Gasteiger partial charge on any atom is 0.387 e. The van der Waals surface area contributed by atoms with Gasteiger partial charge in [-0.05, 0) is 36.8 Å². The molecule has 0 heterocycles. The van der Waals surface area contributed by atoms with Gasteiger partial charge in [0.2, 0.25) is 0 Å². The second kappa shape index (κ2) is 6.57. The molecule has 0 fully saturated rings. The van der Waals surface area contributed by atoms with E-state index >= 15 is 0 Å². The Morgan fingerprint density at radius 1 is 1.20 bits per heavy atom. The fourth-order valence-electron chi connectivity index (χ4n) is 1.88. The van der Waals surface area contributed by atoms with E-state index in [1.54, 1.807) is 24.3 Å². The van der Waals surface area contributed by atoms with Crippen molar-refractivity contribution in [2.45, 2.75) is 20.1 Å². The van der Waals surface area contributed by atoms with Crippen LogP contribution in [0.4, 0.5) is 14.5 Å². The van der Waals surface area contributed by atoms with E-state index in [1.807, 2.05) is 19.1 Å². The summed E-state index contributed by atoms with van der Waals surface area (Å²) < 4.78 is 29.1. The molecule has 2 aromatic rings. The Kier molecular flexibility index (Phi) is 4.79. The van der Waals surface area contributed by atoms with Gasteiger partial charge in [-0.1, -0.05) is 29.8 Å². The van der Waals surface area contributed by atoms with Gasteiger partial charge < -0.3 is 10.1 Å². The van der Waals surface area contributed by atoms with Crippen molar-refractivity contribution in [3.8, 4) is 5.75 Å². The molecule has 0 spiro atoms. The number of hydrogen-bond donors (Lipinski definition) is 1. The number of nitrogens with one attached hydrogen (secondary N) is 1. The fourth-order valence-corrected chi connectivity index (χ4v) is 2.10. The first kappa shape index (κ1) is 14.6. The zero-order valence-electron chi connectivity index (χ0n) is 10.9. The second-order valence-corrected chi connectivity index (χ2v) is 4.74. The van der Waals surface area contributed by atoms with Crippen LogP contribution in [0.5, 0.6) is 5.75 Å². The van der Waals surface area contributed by atoms with Crippen molar-refractivity contribution < 1.29 is 13.5 Å². The van der Waals surface area contributed by atoms with Gasteiger partial charge in [-0.25, -0.2) is 0 Å². The van der Waals surface area contributed by atoms with Crippen molar-refractivity contribution in [1.82, 2.24) is 0 Å².